The quantitative estimate of drug-likeness (QED) is 0.430. The van der Waals surface area contributed by atoms with Crippen LogP contribution in [0.5, 0.6) is 0 Å². The summed E-state index contributed by atoms with van der Waals surface area (Å²) < 4.78 is 36.4. The summed E-state index contributed by atoms with van der Waals surface area (Å²) in [6.45, 7) is 1.67. The first-order valence-electron chi connectivity index (χ1n) is 3.30. The average Bonchev–Trinajstić information content (AvgIpc) is 2.34. The van der Waals surface area contributed by atoms with Crippen molar-refractivity contribution in [1.29, 1.82) is 0 Å². The molecule has 0 saturated carbocycles. The van der Waals surface area contributed by atoms with Gasteiger partial charge in [0.1, 0.15) is 0 Å². The molecule has 0 amide bonds. The number of alkyl halides is 3. The van der Waals surface area contributed by atoms with Crippen molar-refractivity contribution >= 4 is 17.0 Å². The summed E-state index contributed by atoms with van der Waals surface area (Å²) in [6.07, 6.45) is -4.61. The van der Waals surface area contributed by atoms with Crippen molar-refractivity contribution in [2.45, 2.75) is 13.1 Å². The first-order valence-corrected chi connectivity index (χ1v) is 4.18. The third-order valence-electron chi connectivity index (χ3n) is 1.33. The molecule has 1 heterocycles. The third kappa shape index (κ3) is 2.21. The van der Waals surface area contributed by atoms with Crippen molar-refractivity contribution in [3.8, 4) is 0 Å². The van der Waals surface area contributed by atoms with Gasteiger partial charge in [-0.3, -0.25) is 0 Å². The minimum Gasteiger partial charge on any atom is -0.410 e. The first kappa shape index (κ1) is 10.0. The van der Waals surface area contributed by atoms with Gasteiger partial charge < -0.3 is 5.21 Å². The van der Waals surface area contributed by atoms with Crippen LogP contribution in [-0.4, -0.2) is 17.1 Å². The van der Waals surface area contributed by atoms with Crippen LogP contribution in [0.1, 0.15) is 10.4 Å². The highest BCUT2D eigenvalue weighted by atomic mass is 32.1. The van der Waals surface area contributed by atoms with E-state index >= 15 is 0 Å². The van der Waals surface area contributed by atoms with Gasteiger partial charge in [0, 0.05) is 0 Å². The predicted octanol–water partition coefficient (Wildman–Crippen LogP) is 2.80. The zero-order valence-electron chi connectivity index (χ0n) is 6.59. The third-order valence-corrected chi connectivity index (χ3v) is 2.39. The van der Waals surface area contributed by atoms with Gasteiger partial charge in [-0.2, -0.15) is 13.2 Å². The van der Waals surface area contributed by atoms with Gasteiger partial charge in [-0.1, -0.05) is 5.16 Å². The van der Waals surface area contributed by atoms with Crippen LogP contribution in [0.4, 0.5) is 13.2 Å². The topological polar surface area (TPSA) is 32.6 Å². The molecule has 0 bridgehead atoms. The monoisotopic (exact) mass is 209 g/mol. The summed E-state index contributed by atoms with van der Waals surface area (Å²) in [4.78, 5) is -0.0764. The maximum atomic E-state index is 12.1. The lowest BCUT2D eigenvalue weighted by molar-refractivity contribution is -0.0599. The van der Waals surface area contributed by atoms with E-state index in [1.54, 1.807) is 12.3 Å². The van der Waals surface area contributed by atoms with E-state index in [1.807, 2.05) is 0 Å². The Morgan fingerprint density at radius 2 is 2.15 bits per heavy atom. The molecule has 2 nitrogen and oxygen atoms in total. The van der Waals surface area contributed by atoms with E-state index < -0.39 is 11.9 Å². The molecule has 0 radical (unpaired) electrons. The Morgan fingerprint density at radius 3 is 2.46 bits per heavy atom. The zero-order chi connectivity index (χ0) is 10.1. The molecule has 0 fully saturated rings. The number of rotatable bonds is 1. The van der Waals surface area contributed by atoms with Gasteiger partial charge >= 0.3 is 6.18 Å². The van der Waals surface area contributed by atoms with Crippen LogP contribution in [0.25, 0.3) is 0 Å². The van der Waals surface area contributed by atoms with Gasteiger partial charge in [0.15, 0.2) is 0 Å². The number of thiophene rings is 1. The maximum Gasteiger partial charge on any atom is 0.438 e. The first-order chi connectivity index (χ1) is 5.95. The van der Waals surface area contributed by atoms with Gasteiger partial charge in [0.05, 0.1) is 4.88 Å². The minimum absolute atomic E-state index is 0.0764. The summed E-state index contributed by atoms with van der Waals surface area (Å²) in [7, 11) is 0. The standard InChI is InChI=1S/C7H6F3NOS/c1-4-2-5(13-3-4)6(11-12)7(8,9)10/h2-3,12H,1H3. The fraction of sp³-hybridized carbons (Fsp3) is 0.286. The number of aryl methyl sites for hydroxylation is 1. The van der Waals surface area contributed by atoms with Gasteiger partial charge in [-0.15, -0.1) is 11.3 Å². The molecule has 0 saturated heterocycles. The molecule has 1 N–H and O–H groups in total. The van der Waals surface area contributed by atoms with Gasteiger partial charge in [0.2, 0.25) is 5.71 Å². The summed E-state index contributed by atoms with van der Waals surface area (Å²) in [6, 6.07) is 1.33. The Kier molecular flexibility index (Phi) is 2.60. The molecule has 13 heavy (non-hydrogen) atoms. The molecular formula is C7H6F3NOS. The normalized spacial score (nSPS) is 13.4. The van der Waals surface area contributed by atoms with E-state index in [0.717, 1.165) is 11.3 Å². The summed E-state index contributed by atoms with van der Waals surface area (Å²) in [5, 5.41) is 12.0. The lowest BCUT2D eigenvalue weighted by Gasteiger charge is -2.05. The SMILES string of the molecule is Cc1csc(C(=NO)C(F)(F)F)c1. The highest BCUT2D eigenvalue weighted by Gasteiger charge is 2.38. The molecule has 0 aliphatic carbocycles. The van der Waals surface area contributed by atoms with E-state index in [-0.39, 0.29) is 4.88 Å². The summed E-state index contributed by atoms with van der Waals surface area (Å²) >= 11 is 0.898. The van der Waals surface area contributed by atoms with Crippen molar-refractivity contribution in [3.05, 3.63) is 21.9 Å². The molecule has 0 aromatic carbocycles. The molecular weight excluding hydrogens is 203 g/mol. The minimum atomic E-state index is -4.61. The van der Waals surface area contributed by atoms with Crippen LogP contribution in [0, 0.1) is 6.92 Å². The van der Waals surface area contributed by atoms with Gasteiger partial charge in [0.25, 0.3) is 0 Å². The van der Waals surface area contributed by atoms with Crippen molar-refractivity contribution in [2.75, 3.05) is 0 Å². The van der Waals surface area contributed by atoms with Crippen LogP contribution in [0.2, 0.25) is 0 Å². The van der Waals surface area contributed by atoms with Crippen LogP contribution in [0.3, 0.4) is 0 Å². The maximum absolute atomic E-state index is 12.1. The number of nitrogens with zero attached hydrogens (tertiary/aromatic N) is 1. The van der Waals surface area contributed by atoms with E-state index in [9.17, 15) is 13.2 Å². The zero-order valence-corrected chi connectivity index (χ0v) is 7.41. The molecule has 1 rings (SSSR count). The van der Waals surface area contributed by atoms with Crippen molar-refractivity contribution < 1.29 is 18.4 Å². The second-order valence-corrected chi connectivity index (χ2v) is 3.35. The Morgan fingerprint density at radius 1 is 1.54 bits per heavy atom. The second-order valence-electron chi connectivity index (χ2n) is 2.43. The predicted molar refractivity (Wildman–Crippen MR) is 43.4 cm³/mol. The number of halogens is 3. The van der Waals surface area contributed by atoms with Gasteiger partial charge in [-0.25, -0.2) is 0 Å². The highest BCUT2D eigenvalue weighted by Crippen LogP contribution is 2.26. The van der Waals surface area contributed by atoms with E-state index in [1.165, 1.54) is 6.07 Å². The average molecular weight is 209 g/mol. The summed E-state index contributed by atoms with van der Waals surface area (Å²) in [5.41, 5.74) is -0.531. The lowest BCUT2D eigenvalue weighted by Crippen LogP contribution is -2.22. The highest BCUT2D eigenvalue weighted by molar-refractivity contribution is 7.12. The van der Waals surface area contributed by atoms with E-state index in [4.69, 9.17) is 5.21 Å². The molecule has 0 spiro atoms. The Balaban J connectivity index is 3.06. The fourth-order valence-electron chi connectivity index (χ4n) is 0.801. The van der Waals surface area contributed by atoms with Crippen LogP contribution in [0.15, 0.2) is 16.6 Å². The smallest absolute Gasteiger partial charge is 0.410 e. The van der Waals surface area contributed by atoms with Crippen molar-refractivity contribution in [3.63, 3.8) is 0 Å². The number of hydrogen-bond donors (Lipinski definition) is 1. The Hall–Kier alpha value is -1.04. The van der Waals surface area contributed by atoms with E-state index in [2.05, 4.69) is 5.16 Å². The van der Waals surface area contributed by atoms with Gasteiger partial charge in [-0.05, 0) is 23.9 Å². The van der Waals surface area contributed by atoms with Crippen molar-refractivity contribution in [2.24, 2.45) is 5.16 Å². The molecule has 0 unspecified atom stereocenters. The number of hydrogen-bond acceptors (Lipinski definition) is 3. The van der Waals surface area contributed by atoms with Crippen LogP contribution in [-0.2, 0) is 0 Å². The Bertz CT molecular complexity index is 329. The molecule has 72 valence electrons. The molecule has 0 aliphatic heterocycles. The Labute approximate surface area is 76.3 Å². The van der Waals surface area contributed by atoms with Crippen LogP contribution < -0.4 is 0 Å². The molecule has 0 aliphatic rings. The molecule has 1 aromatic heterocycles. The molecule has 6 heteroatoms. The fourth-order valence-corrected chi connectivity index (χ4v) is 1.70. The molecule has 1 aromatic rings. The largest absolute Gasteiger partial charge is 0.438 e. The summed E-state index contributed by atoms with van der Waals surface area (Å²) in [5.74, 6) is 0. The van der Waals surface area contributed by atoms with E-state index in [0.29, 0.717) is 5.56 Å². The lowest BCUT2D eigenvalue weighted by atomic mass is 10.2. The number of oxime groups is 1. The second kappa shape index (κ2) is 3.37. The van der Waals surface area contributed by atoms with Crippen molar-refractivity contribution in [1.82, 2.24) is 0 Å². The van der Waals surface area contributed by atoms with Crippen LogP contribution >= 0.6 is 11.3 Å². The molecule has 0 atom stereocenters.